The van der Waals surface area contributed by atoms with E-state index in [1.807, 2.05) is 26.8 Å². The monoisotopic (exact) mass is 180 g/mol. The maximum atomic E-state index is 13.1. The Balaban J connectivity index is 3.11. The number of allylic oxidation sites excluding steroid dienone is 1. The number of aromatic nitrogens is 2. The van der Waals surface area contributed by atoms with Crippen molar-refractivity contribution < 1.29 is 4.39 Å². The Kier molecular flexibility index (Phi) is 3.12. The first-order valence-corrected chi connectivity index (χ1v) is 4.30. The van der Waals surface area contributed by atoms with Crippen molar-refractivity contribution in [2.24, 2.45) is 0 Å². The summed E-state index contributed by atoms with van der Waals surface area (Å²) in [5, 5.41) is 0. The number of hydrogen-bond acceptors (Lipinski definition) is 2. The van der Waals surface area contributed by atoms with E-state index in [0.717, 1.165) is 0 Å². The summed E-state index contributed by atoms with van der Waals surface area (Å²) in [6, 6.07) is 0. The Hall–Kier alpha value is -1.25. The molecule has 0 aliphatic heterocycles. The van der Waals surface area contributed by atoms with Crippen LogP contribution in [0.5, 0.6) is 0 Å². The van der Waals surface area contributed by atoms with Crippen LogP contribution in [0.4, 0.5) is 4.39 Å². The van der Waals surface area contributed by atoms with Gasteiger partial charge in [0.05, 0.1) is 11.9 Å². The van der Waals surface area contributed by atoms with Gasteiger partial charge in [-0.25, -0.2) is 14.4 Å². The van der Waals surface area contributed by atoms with Gasteiger partial charge in [0.1, 0.15) is 0 Å². The highest BCUT2D eigenvalue weighted by Gasteiger charge is 2.08. The molecular formula is C10H13FN2. The Labute approximate surface area is 77.5 Å². The lowest BCUT2D eigenvalue weighted by Gasteiger charge is -2.05. The van der Waals surface area contributed by atoms with Crippen LogP contribution in [0.2, 0.25) is 0 Å². The van der Waals surface area contributed by atoms with Crippen molar-refractivity contribution in [1.82, 2.24) is 9.97 Å². The molecular weight excluding hydrogens is 167 g/mol. The zero-order chi connectivity index (χ0) is 9.84. The summed E-state index contributed by atoms with van der Waals surface area (Å²) in [6.45, 7) is 5.69. The van der Waals surface area contributed by atoms with E-state index >= 15 is 0 Å². The molecule has 0 aliphatic carbocycles. The lowest BCUT2D eigenvalue weighted by Crippen LogP contribution is -2.01. The summed E-state index contributed by atoms with van der Waals surface area (Å²) in [7, 11) is 0. The standard InChI is InChI=1S/C10H13FN2/c1-4-5-9-12-6-8(11)10(13-9)7(2)3/h4-7H,1-3H3/b5-4-. The molecule has 1 rings (SSSR count). The maximum Gasteiger partial charge on any atom is 0.163 e. The SMILES string of the molecule is C/C=C\c1ncc(F)c(C(C)C)n1. The van der Waals surface area contributed by atoms with Gasteiger partial charge in [0.15, 0.2) is 11.6 Å². The van der Waals surface area contributed by atoms with E-state index in [0.29, 0.717) is 11.5 Å². The second kappa shape index (κ2) is 4.12. The summed E-state index contributed by atoms with van der Waals surface area (Å²) in [5.41, 5.74) is 0.475. The van der Waals surface area contributed by atoms with Crippen LogP contribution in [-0.4, -0.2) is 9.97 Å². The average molecular weight is 180 g/mol. The lowest BCUT2D eigenvalue weighted by atomic mass is 10.1. The van der Waals surface area contributed by atoms with Gasteiger partial charge in [-0.1, -0.05) is 19.9 Å². The molecule has 13 heavy (non-hydrogen) atoms. The number of nitrogens with zero attached hydrogens (tertiary/aromatic N) is 2. The molecule has 0 aliphatic rings. The first kappa shape index (κ1) is 9.84. The first-order chi connectivity index (χ1) is 6.15. The third-order valence-electron chi connectivity index (χ3n) is 1.65. The third-order valence-corrected chi connectivity index (χ3v) is 1.65. The molecule has 0 amide bonds. The van der Waals surface area contributed by atoms with Crippen molar-refractivity contribution in [3.63, 3.8) is 0 Å². The highest BCUT2D eigenvalue weighted by Crippen LogP contribution is 2.14. The van der Waals surface area contributed by atoms with Crippen LogP contribution in [0.15, 0.2) is 12.3 Å². The van der Waals surface area contributed by atoms with Gasteiger partial charge in [-0.15, -0.1) is 0 Å². The van der Waals surface area contributed by atoms with E-state index < -0.39 is 0 Å². The van der Waals surface area contributed by atoms with Crippen LogP contribution in [0.25, 0.3) is 6.08 Å². The van der Waals surface area contributed by atoms with Crippen molar-refractivity contribution in [3.8, 4) is 0 Å². The predicted molar refractivity (Wildman–Crippen MR) is 50.8 cm³/mol. The lowest BCUT2D eigenvalue weighted by molar-refractivity contribution is 0.575. The Morgan fingerprint density at radius 2 is 2.15 bits per heavy atom. The zero-order valence-electron chi connectivity index (χ0n) is 8.08. The van der Waals surface area contributed by atoms with Crippen molar-refractivity contribution in [1.29, 1.82) is 0 Å². The molecule has 0 spiro atoms. The van der Waals surface area contributed by atoms with Crippen molar-refractivity contribution >= 4 is 6.08 Å². The van der Waals surface area contributed by atoms with E-state index in [4.69, 9.17) is 0 Å². The van der Waals surface area contributed by atoms with Crippen LogP contribution in [0, 0.1) is 5.82 Å². The highest BCUT2D eigenvalue weighted by atomic mass is 19.1. The highest BCUT2D eigenvalue weighted by molar-refractivity contribution is 5.39. The molecule has 1 heterocycles. The minimum absolute atomic E-state index is 0.0898. The van der Waals surface area contributed by atoms with Crippen molar-refractivity contribution in [3.05, 3.63) is 29.6 Å². The molecule has 3 heteroatoms. The largest absolute Gasteiger partial charge is 0.234 e. The second-order valence-corrected chi connectivity index (χ2v) is 3.12. The molecule has 0 atom stereocenters. The fourth-order valence-corrected chi connectivity index (χ4v) is 1.03. The maximum absolute atomic E-state index is 13.1. The molecule has 0 aromatic carbocycles. The summed E-state index contributed by atoms with van der Waals surface area (Å²) in [6.07, 6.45) is 4.81. The minimum atomic E-state index is -0.330. The third kappa shape index (κ3) is 2.34. The predicted octanol–water partition coefficient (Wildman–Crippen LogP) is 2.77. The van der Waals surface area contributed by atoms with Gasteiger partial charge < -0.3 is 0 Å². The van der Waals surface area contributed by atoms with Crippen LogP contribution in [0.1, 0.15) is 38.2 Å². The summed E-state index contributed by atoms with van der Waals surface area (Å²) >= 11 is 0. The molecule has 0 radical (unpaired) electrons. The quantitative estimate of drug-likeness (QED) is 0.699. The molecule has 70 valence electrons. The molecule has 2 nitrogen and oxygen atoms in total. The number of rotatable bonds is 2. The topological polar surface area (TPSA) is 25.8 Å². The van der Waals surface area contributed by atoms with Crippen LogP contribution in [0.3, 0.4) is 0 Å². The number of halogens is 1. The minimum Gasteiger partial charge on any atom is -0.234 e. The Morgan fingerprint density at radius 1 is 1.46 bits per heavy atom. The molecule has 1 aromatic rings. The van der Waals surface area contributed by atoms with E-state index in [1.54, 1.807) is 6.08 Å². The molecule has 0 bridgehead atoms. The van der Waals surface area contributed by atoms with Crippen LogP contribution >= 0.6 is 0 Å². The summed E-state index contributed by atoms with van der Waals surface area (Å²) in [5.74, 6) is 0.322. The van der Waals surface area contributed by atoms with Gasteiger partial charge in [-0.3, -0.25) is 0 Å². The molecule has 0 N–H and O–H groups in total. The molecule has 1 aromatic heterocycles. The van der Waals surface area contributed by atoms with Gasteiger partial charge in [-0.05, 0) is 18.9 Å². The first-order valence-electron chi connectivity index (χ1n) is 4.30. The fraction of sp³-hybridized carbons (Fsp3) is 0.400. The second-order valence-electron chi connectivity index (χ2n) is 3.12. The number of hydrogen-bond donors (Lipinski definition) is 0. The molecule has 0 fully saturated rings. The van der Waals surface area contributed by atoms with E-state index in [1.165, 1.54) is 6.20 Å². The van der Waals surface area contributed by atoms with Crippen molar-refractivity contribution in [2.75, 3.05) is 0 Å². The average Bonchev–Trinajstić information content (AvgIpc) is 2.08. The van der Waals surface area contributed by atoms with E-state index in [-0.39, 0.29) is 11.7 Å². The van der Waals surface area contributed by atoms with Crippen LogP contribution < -0.4 is 0 Å². The van der Waals surface area contributed by atoms with Gasteiger partial charge in [-0.2, -0.15) is 0 Å². The molecule has 0 saturated heterocycles. The molecule has 0 saturated carbocycles. The van der Waals surface area contributed by atoms with Gasteiger partial charge in [0, 0.05) is 0 Å². The van der Waals surface area contributed by atoms with Gasteiger partial charge in [0.25, 0.3) is 0 Å². The zero-order valence-corrected chi connectivity index (χ0v) is 8.08. The Bertz CT molecular complexity index is 319. The summed E-state index contributed by atoms with van der Waals surface area (Å²) in [4.78, 5) is 7.93. The summed E-state index contributed by atoms with van der Waals surface area (Å²) < 4.78 is 13.1. The molecule has 0 unspecified atom stereocenters. The van der Waals surface area contributed by atoms with E-state index in [2.05, 4.69) is 9.97 Å². The fourth-order valence-electron chi connectivity index (χ4n) is 1.03. The smallest absolute Gasteiger partial charge is 0.163 e. The van der Waals surface area contributed by atoms with Gasteiger partial charge in [0.2, 0.25) is 0 Å². The van der Waals surface area contributed by atoms with Crippen LogP contribution in [-0.2, 0) is 0 Å². The Morgan fingerprint density at radius 3 is 2.69 bits per heavy atom. The van der Waals surface area contributed by atoms with E-state index in [9.17, 15) is 4.39 Å². The van der Waals surface area contributed by atoms with Crippen molar-refractivity contribution in [2.45, 2.75) is 26.7 Å². The van der Waals surface area contributed by atoms with Gasteiger partial charge >= 0.3 is 0 Å². The normalized spacial score (nSPS) is 11.5.